The van der Waals surface area contributed by atoms with Gasteiger partial charge >= 0.3 is 0 Å². The maximum atomic E-state index is 6.01. The highest BCUT2D eigenvalue weighted by molar-refractivity contribution is 5.44. The molecule has 0 spiro atoms. The molecule has 0 saturated heterocycles. The van der Waals surface area contributed by atoms with Gasteiger partial charge in [0, 0.05) is 11.6 Å². The Morgan fingerprint density at radius 1 is 1.43 bits per heavy atom. The number of rotatable bonds is 3. The van der Waals surface area contributed by atoms with E-state index < -0.39 is 0 Å². The fourth-order valence-electron chi connectivity index (χ4n) is 1.25. The van der Waals surface area contributed by atoms with Gasteiger partial charge in [-0.3, -0.25) is 0 Å². The van der Waals surface area contributed by atoms with E-state index in [-0.39, 0.29) is 6.04 Å². The van der Waals surface area contributed by atoms with Crippen LogP contribution in [-0.2, 0) is 0 Å². The third-order valence-electron chi connectivity index (χ3n) is 2.17. The van der Waals surface area contributed by atoms with E-state index in [0.717, 1.165) is 5.56 Å². The van der Waals surface area contributed by atoms with Crippen molar-refractivity contribution >= 4 is 5.69 Å². The largest absolute Gasteiger partial charge is 0.481 e. The molecular formula is C10H17N3O. The summed E-state index contributed by atoms with van der Waals surface area (Å²) in [5.74, 6) is 0.882. The molecule has 14 heavy (non-hydrogen) atoms. The number of methoxy groups -OCH3 is 1. The van der Waals surface area contributed by atoms with Crippen molar-refractivity contribution in [3.05, 3.63) is 17.8 Å². The van der Waals surface area contributed by atoms with Gasteiger partial charge in [-0.25, -0.2) is 4.98 Å². The minimum absolute atomic E-state index is 0.0963. The molecule has 0 unspecified atom stereocenters. The summed E-state index contributed by atoms with van der Waals surface area (Å²) in [5, 5.41) is 0. The molecule has 4 nitrogen and oxygen atoms in total. The molecule has 0 aliphatic heterocycles. The summed E-state index contributed by atoms with van der Waals surface area (Å²) in [4.78, 5) is 4.07. The van der Waals surface area contributed by atoms with Gasteiger partial charge in [-0.2, -0.15) is 0 Å². The summed E-state index contributed by atoms with van der Waals surface area (Å²) >= 11 is 0. The number of nitrogens with zero attached hydrogens (tertiary/aromatic N) is 1. The zero-order chi connectivity index (χ0) is 10.7. The molecule has 0 aliphatic carbocycles. The Morgan fingerprint density at radius 3 is 2.57 bits per heavy atom. The Bertz CT molecular complexity index is 312. The van der Waals surface area contributed by atoms with Gasteiger partial charge in [0.2, 0.25) is 5.88 Å². The minimum atomic E-state index is -0.0963. The monoisotopic (exact) mass is 195 g/mol. The lowest BCUT2D eigenvalue weighted by Crippen LogP contribution is -2.18. The Kier molecular flexibility index (Phi) is 3.30. The summed E-state index contributed by atoms with van der Waals surface area (Å²) < 4.78 is 5.12. The van der Waals surface area contributed by atoms with Gasteiger partial charge in [0.05, 0.1) is 19.0 Å². The van der Waals surface area contributed by atoms with E-state index in [9.17, 15) is 0 Å². The zero-order valence-corrected chi connectivity index (χ0v) is 8.82. The molecule has 4 N–H and O–H groups in total. The van der Waals surface area contributed by atoms with Crippen molar-refractivity contribution in [3.63, 3.8) is 0 Å². The van der Waals surface area contributed by atoms with Crippen molar-refractivity contribution in [1.29, 1.82) is 0 Å². The topological polar surface area (TPSA) is 74.2 Å². The Hall–Kier alpha value is -1.29. The number of aromatic nitrogens is 1. The van der Waals surface area contributed by atoms with E-state index in [1.165, 1.54) is 0 Å². The molecule has 0 radical (unpaired) electrons. The molecule has 78 valence electrons. The van der Waals surface area contributed by atoms with Crippen LogP contribution in [0.1, 0.15) is 25.5 Å². The Morgan fingerprint density at radius 2 is 2.07 bits per heavy atom. The first-order valence-corrected chi connectivity index (χ1v) is 4.61. The van der Waals surface area contributed by atoms with Crippen LogP contribution < -0.4 is 16.2 Å². The lowest BCUT2D eigenvalue weighted by Gasteiger charge is -2.18. The Labute approximate surface area is 84.3 Å². The summed E-state index contributed by atoms with van der Waals surface area (Å²) in [5.41, 5.74) is 13.1. The SMILES string of the molecule is COc1ncc(N)cc1[C@H](N)C(C)C. The smallest absolute Gasteiger partial charge is 0.217 e. The summed E-state index contributed by atoms with van der Waals surface area (Å²) in [6, 6.07) is 1.72. The standard InChI is InChI=1S/C10H17N3O/c1-6(2)9(12)8-4-7(11)5-13-10(8)14-3/h4-6,9H,11-12H2,1-3H3/t9-/m1/s1. The molecular weight excluding hydrogens is 178 g/mol. The number of anilines is 1. The number of ether oxygens (including phenoxy) is 1. The molecule has 0 aliphatic rings. The first-order chi connectivity index (χ1) is 6.56. The van der Waals surface area contributed by atoms with E-state index >= 15 is 0 Å². The molecule has 0 saturated carbocycles. The van der Waals surface area contributed by atoms with Crippen molar-refractivity contribution < 1.29 is 4.74 Å². The highest BCUT2D eigenvalue weighted by Gasteiger charge is 2.16. The number of pyridine rings is 1. The highest BCUT2D eigenvalue weighted by Crippen LogP contribution is 2.27. The maximum absolute atomic E-state index is 6.01. The van der Waals surface area contributed by atoms with Crippen LogP contribution in [0.5, 0.6) is 5.88 Å². The van der Waals surface area contributed by atoms with E-state index in [4.69, 9.17) is 16.2 Å². The van der Waals surface area contributed by atoms with Crippen LogP contribution in [0.2, 0.25) is 0 Å². The van der Waals surface area contributed by atoms with Gasteiger partial charge < -0.3 is 16.2 Å². The Balaban J connectivity index is 3.10. The molecule has 0 bridgehead atoms. The van der Waals surface area contributed by atoms with Gasteiger partial charge in [0.15, 0.2) is 0 Å². The molecule has 1 atom stereocenters. The normalized spacial score (nSPS) is 12.9. The van der Waals surface area contributed by atoms with E-state index in [1.807, 2.05) is 19.9 Å². The third kappa shape index (κ3) is 2.14. The first kappa shape index (κ1) is 10.8. The zero-order valence-electron chi connectivity index (χ0n) is 8.82. The van der Waals surface area contributed by atoms with Crippen molar-refractivity contribution in [2.45, 2.75) is 19.9 Å². The average Bonchev–Trinajstić information content (AvgIpc) is 2.16. The number of hydrogen-bond acceptors (Lipinski definition) is 4. The molecule has 0 fully saturated rings. The van der Waals surface area contributed by atoms with Crippen LogP contribution in [0.4, 0.5) is 5.69 Å². The van der Waals surface area contributed by atoms with Gasteiger partial charge in [-0.15, -0.1) is 0 Å². The lowest BCUT2D eigenvalue weighted by atomic mass is 9.98. The predicted molar refractivity (Wildman–Crippen MR) is 57.0 cm³/mol. The predicted octanol–water partition coefficient (Wildman–Crippen LogP) is 1.33. The lowest BCUT2D eigenvalue weighted by molar-refractivity contribution is 0.380. The van der Waals surface area contributed by atoms with Crippen LogP contribution in [0.3, 0.4) is 0 Å². The molecule has 1 aromatic heterocycles. The molecule has 0 amide bonds. The minimum Gasteiger partial charge on any atom is -0.481 e. The summed E-state index contributed by atoms with van der Waals surface area (Å²) in [6.45, 7) is 4.10. The number of hydrogen-bond donors (Lipinski definition) is 2. The first-order valence-electron chi connectivity index (χ1n) is 4.61. The fraction of sp³-hybridized carbons (Fsp3) is 0.500. The second kappa shape index (κ2) is 4.28. The molecule has 0 aromatic carbocycles. The van der Waals surface area contributed by atoms with Gasteiger partial charge in [0.25, 0.3) is 0 Å². The van der Waals surface area contributed by atoms with Crippen LogP contribution in [0.15, 0.2) is 12.3 Å². The average molecular weight is 195 g/mol. The fourth-order valence-corrected chi connectivity index (χ4v) is 1.25. The van der Waals surface area contributed by atoms with Crippen molar-refractivity contribution in [2.75, 3.05) is 12.8 Å². The molecule has 4 heteroatoms. The van der Waals surface area contributed by atoms with E-state index in [1.54, 1.807) is 13.3 Å². The van der Waals surface area contributed by atoms with Gasteiger partial charge in [-0.05, 0) is 12.0 Å². The van der Waals surface area contributed by atoms with Crippen molar-refractivity contribution in [3.8, 4) is 5.88 Å². The van der Waals surface area contributed by atoms with Gasteiger partial charge in [-0.1, -0.05) is 13.8 Å². The summed E-state index contributed by atoms with van der Waals surface area (Å²) in [7, 11) is 1.58. The molecule has 1 heterocycles. The highest BCUT2D eigenvalue weighted by atomic mass is 16.5. The second-order valence-electron chi connectivity index (χ2n) is 3.64. The quantitative estimate of drug-likeness (QED) is 0.763. The molecule has 1 aromatic rings. The van der Waals surface area contributed by atoms with Crippen LogP contribution in [-0.4, -0.2) is 12.1 Å². The van der Waals surface area contributed by atoms with Crippen molar-refractivity contribution in [2.24, 2.45) is 11.7 Å². The third-order valence-corrected chi connectivity index (χ3v) is 2.17. The van der Waals surface area contributed by atoms with Crippen LogP contribution >= 0.6 is 0 Å². The van der Waals surface area contributed by atoms with Crippen LogP contribution in [0.25, 0.3) is 0 Å². The second-order valence-corrected chi connectivity index (χ2v) is 3.64. The van der Waals surface area contributed by atoms with E-state index in [0.29, 0.717) is 17.5 Å². The summed E-state index contributed by atoms with van der Waals surface area (Å²) in [6.07, 6.45) is 1.56. The van der Waals surface area contributed by atoms with Crippen LogP contribution in [0, 0.1) is 5.92 Å². The number of nitrogens with two attached hydrogens (primary N) is 2. The number of nitrogen functional groups attached to an aromatic ring is 1. The maximum Gasteiger partial charge on any atom is 0.217 e. The van der Waals surface area contributed by atoms with E-state index in [2.05, 4.69) is 4.98 Å². The molecule has 1 rings (SSSR count). The van der Waals surface area contributed by atoms with Gasteiger partial charge in [0.1, 0.15) is 0 Å². The van der Waals surface area contributed by atoms with Crippen molar-refractivity contribution in [1.82, 2.24) is 4.98 Å².